The lowest BCUT2D eigenvalue weighted by molar-refractivity contribution is 0.0935. The summed E-state index contributed by atoms with van der Waals surface area (Å²) in [4.78, 5) is 12.1. The summed E-state index contributed by atoms with van der Waals surface area (Å²) in [6.45, 7) is 1.87. The van der Waals surface area contributed by atoms with Crippen molar-refractivity contribution >= 4 is 33.4 Å². The highest BCUT2D eigenvalue weighted by molar-refractivity contribution is 9.10. The van der Waals surface area contributed by atoms with Gasteiger partial charge in [-0.05, 0) is 59.1 Å². The maximum atomic E-state index is 13.7. The topological polar surface area (TPSA) is 29.1 Å². The van der Waals surface area contributed by atoms with E-state index in [2.05, 4.69) is 21.2 Å². The average molecular weight is 371 g/mol. The number of hydrogen-bond acceptors (Lipinski definition) is 1. The molecular formula is C16H14BrClFNO. The zero-order valence-corrected chi connectivity index (χ0v) is 13.7. The Morgan fingerprint density at radius 1 is 1.33 bits per heavy atom. The molecule has 1 unspecified atom stereocenters. The molecule has 21 heavy (non-hydrogen) atoms. The molecule has 110 valence electrons. The van der Waals surface area contributed by atoms with Gasteiger partial charge in [-0.3, -0.25) is 4.79 Å². The van der Waals surface area contributed by atoms with Gasteiger partial charge in [0.15, 0.2) is 0 Å². The molecule has 2 aromatic carbocycles. The minimum absolute atomic E-state index is 0.0236. The summed E-state index contributed by atoms with van der Waals surface area (Å²) in [5.74, 6) is -0.980. The van der Waals surface area contributed by atoms with E-state index in [0.29, 0.717) is 15.9 Å². The number of carbonyl (C=O) groups is 1. The van der Waals surface area contributed by atoms with Crippen LogP contribution in [0.1, 0.15) is 22.8 Å². The smallest absolute Gasteiger partial charge is 0.255 e. The van der Waals surface area contributed by atoms with Crippen LogP contribution in [0.2, 0.25) is 5.02 Å². The lowest BCUT2D eigenvalue weighted by atomic mass is 10.1. The van der Waals surface area contributed by atoms with Crippen molar-refractivity contribution < 1.29 is 9.18 Å². The first-order valence-corrected chi connectivity index (χ1v) is 7.64. The van der Waals surface area contributed by atoms with E-state index in [4.69, 9.17) is 11.6 Å². The van der Waals surface area contributed by atoms with E-state index in [0.717, 1.165) is 5.56 Å². The van der Waals surface area contributed by atoms with Gasteiger partial charge in [0, 0.05) is 15.5 Å². The fraction of sp³-hybridized carbons (Fsp3) is 0.188. The van der Waals surface area contributed by atoms with Crippen LogP contribution in [0.15, 0.2) is 46.9 Å². The van der Waals surface area contributed by atoms with Crippen LogP contribution in [-0.2, 0) is 6.42 Å². The van der Waals surface area contributed by atoms with E-state index in [1.165, 1.54) is 6.07 Å². The van der Waals surface area contributed by atoms with Gasteiger partial charge in [0.25, 0.3) is 5.91 Å². The number of carbonyl (C=O) groups excluding carboxylic acids is 1. The first kappa shape index (κ1) is 16.0. The number of amides is 1. The van der Waals surface area contributed by atoms with Crippen LogP contribution in [0.25, 0.3) is 0 Å². The summed E-state index contributed by atoms with van der Waals surface area (Å²) in [6.07, 6.45) is 0.623. The van der Waals surface area contributed by atoms with Gasteiger partial charge in [0.2, 0.25) is 0 Å². The summed E-state index contributed by atoms with van der Waals surface area (Å²) in [7, 11) is 0. The zero-order chi connectivity index (χ0) is 15.4. The lowest BCUT2D eigenvalue weighted by Gasteiger charge is -2.15. The van der Waals surface area contributed by atoms with Gasteiger partial charge >= 0.3 is 0 Å². The molecule has 0 bridgehead atoms. The fourth-order valence-corrected chi connectivity index (χ4v) is 2.81. The maximum absolute atomic E-state index is 13.7. The standard InChI is InChI=1S/C16H14BrClFNO/c1-10(8-11-4-2-5-12(18)9-11)20-16(21)15-13(17)6-3-7-14(15)19/h2-7,9-10H,8H2,1H3,(H,20,21). The monoisotopic (exact) mass is 369 g/mol. The van der Waals surface area contributed by atoms with Crippen LogP contribution in [0.5, 0.6) is 0 Å². The highest BCUT2D eigenvalue weighted by Gasteiger charge is 2.17. The van der Waals surface area contributed by atoms with Crippen LogP contribution >= 0.6 is 27.5 Å². The Morgan fingerprint density at radius 2 is 2.05 bits per heavy atom. The Kier molecular flexibility index (Phi) is 5.37. The van der Waals surface area contributed by atoms with E-state index in [9.17, 15) is 9.18 Å². The molecule has 1 amide bonds. The van der Waals surface area contributed by atoms with Crippen molar-refractivity contribution in [2.75, 3.05) is 0 Å². The molecule has 0 aliphatic rings. The quantitative estimate of drug-likeness (QED) is 0.837. The molecule has 1 N–H and O–H groups in total. The van der Waals surface area contributed by atoms with Crippen molar-refractivity contribution in [2.24, 2.45) is 0 Å². The predicted octanol–water partition coefficient (Wildman–Crippen LogP) is 4.60. The maximum Gasteiger partial charge on any atom is 0.255 e. The van der Waals surface area contributed by atoms with E-state index < -0.39 is 11.7 Å². The molecule has 0 fully saturated rings. The second-order valence-corrected chi connectivity index (χ2v) is 6.10. The molecule has 2 nitrogen and oxygen atoms in total. The van der Waals surface area contributed by atoms with E-state index >= 15 is 0 Å². The highest BCUT2D eigenvalue weighted by Crippen LogP contribution is 2.20. The number of benzene rings is 2. The predicted molar refractivity (Wildman–Crippen MR) is 86.2 cm³/mol. The second kappa shape index (κ2) is 7.05. The average Bonchev–Trinajstić information content (AvgIpc) is 2.38. The van der Waals surface area contributed by atoms with Crippen molar-refractivity contribution in [2.45, 2.75) is 19.4 Å². The first-order valence-electron chi connectivity index (χ1n) is 6.46. The van der Waals surface area contributed by atoms with E-state index in [1.54, 1.807) is 18.2 Å². The summed E-state index contributed by atoms with van der Waals surface area (Å²) in [5.41, 5.74) is 1.04. The summed E-state index contributed by atoms with van der Waals surface area (Å²) >= 11 is 9.12. The minimum atomic E-state index is -0.545. The van der Waals surface area contributed by atoms with Crippen LogP contribution in [0, 0.1) is 5.82 Å². The Hall–Kier alpha value is -1.39. The summed E-state index contributed by atoms with van der Waals surface area (Å²) in [6, 6.07) is 11.8. The van der Waals surface area contributed by atoms with E-state index in [-0.39, 0.29) is 11.6 Å². The Balaban J connectivity index is 2.06. The Morgan fingerprint density at radius 3 is 2.71 bits per heavy atom. The van der Waals surface area contributed by atoms with Gasteiger partial charge in [0.1, 0.15) is 5.82 Å². The Bertz CT molecular complexity index is 642. The molecule has 0 aliphatic heterocycles. The second-order valence-electron chi connectivity index (χ2n) is 4.81. The first-order chi connectivity index (χ1) is 9.97. The third-order valence-electron chi connectivity index (χ3n) is 3.00. The number of nitrogens with one attached hydrogen (secondary N) is 1. The van der Waals surface area contributed by atoms with Gasteiger partial charge in [-0.2, -0.15) is 0 Å². The van der Waals surface area contributed by atoms with Crippen molar-refractivity contribution in [3.8, 4) is 0 Å². The van der Waals surface area contributed by atoms with Gasteiger partial charge in [-0.25, -0.2) is 4.39 Å². The molecule has 1 atom stereocenters. The summed E-state index contributed by atoms with van der Waals surface area (Å²) < 4.78 is 14.2. The molecule has 5 heteroatoms. The minimum Gasteiger partial charge on any atom is -0.349 e. The highest BCUT2D eigenvalue weighted by atomic mass is 79.9. The molecule has 0 radical (unpaired) electrons. The van der Waals surface area contributed by atoms with Gasteiger partial charge < -0.3 is 5.32 Å². The molecule has 2 aromatic rings. The molecule has 0 heterocycles. The summed E-state index contributed by atoms with van der Waals surface area (Å²) in [5, 5.41) is 3.45. The van der Waals surface area contributed by atoms with Crippen LogP contribution in [-0.4, -0.2) is 11.9 Å². The molecule has 2 rings (SSSR count). The van der Waals surface area contributed by atoms with Crippen LogP contribution in [0.4, 0.5) is 4.39 Å². The van der Waals surface area contributed by atoms with Gasteiger partial charge in [-0.1, -0.05) is 29.8 Å². The molecule has 0 saturated heterocycles. The van der Waals surface area contributed by atoms with Crippen molar-refractivity contribution in [1.82, 2.24) is 5.32 Å². The normalized spacial score (nSPS) is 12.0. The third-order valence-corrected chi connectivity index (χ3v) is 3.89. The molecule has 0 aliphatic carbocycles. The van der Waals surface area contributed by atoms with Crippen molar-refractivity contribution in [3.63, 3.8) is 0 Å². The third kappa shape index (κ3) is 4.29. The fourth-order valence-electron chi connectivity index (χ4n) is 2.08. The molecular weight excluding hydrogens is 357 g/mol. The van der Waals surface area contributed by atoms with Crippen molar-refractivity contribution in [1.29, 1.82) is 0 Å². The van der Waals surface area contributed by atoms with Crippen LogP contribution in [0.3, 0.4) is 0 Å². The van der Waals surface area contributed by atoms with Crippen LogP contribution < -0.4 is 5.32 Å². The number of rotatable bonds is 4. The molecule has 0 aromatic heterocycles. The van der Waals surface area contributed by atoms with E-state index in [1.807, 2.05) is 25.1 Å². The molecule has 0 saturated carbocycles. The lowest BCUT2D eigenvalue weighted by Crippen LogP contribution is -2.34. The zero-order valence-electron chi connectivity index (χ0n) is 11.4. The SMILES string of the molecule is CC(Cc1cccc(Cl)c1)NC(=O)c1c(F)cccc1Br. The number of halogens is 3. The Labute approximate surface area is 136 Å². The largest absolute Gasteiger partial charge is 0.349 e. The molecule has 0 spiro atoms. The number of hydrogen-bond donors (Lipinski definition) is 1. The van der Waals surface area contributed by atoms with Gasteiger partial charge in [-0.15, -0.1) is 0 Å². The van der Waals surface area contributed by atoms with Gasteiger partial charge in [0.05, 0.1) is 5.56 Å². The van der Waals surface area contributed by atoms with Crippen molar-refractivity contribution in [3.05, 3.63) is 68.9 Å².